The average molecular weight is 351 g/mol. The van der Waals surface area contributed by atoms with Gasteiger partial charge in [0, 0.05) is 30.1 Å². The summed E-state index contributed by atoms with van der Waals surface area (Å²) in [6.07, 6.45) is 1.34. The first kappa shape index (κ1) is 17.7. The van der Waals surface area contributed by atoms with Crippen LogP contribution >= 0.6 is 11.3 Å². The maximum Gasteiger partial charge on any atom is 0.341 e. The predicted octanol–water partition coefficient (Wildman–Crippen LogP) is 1.03. The molecule has 128 valence electrons. The van der Waals surface area contributed by atoms with Gasteiger partial charge < -0.3 is 14.6 Å². The molecule has 2 aromatic rings. The molecule has 0 saturated heterocycles. The zero-order valence-electron chi connectivity index (χ0n) is 13.5. The predicted molar refractivity (Wildman–Crippen MR) is 89.7 cm³/mol. The van der Waals surface area contributed by atoms with Crippen LogP contribution in [-0.2, 0) is 16.1 Å². The summed E-state index contributed by atoms with van der Waals surface area (Å²) >= 11 is 1.29. The summed E-state index contributed by atoms with van der Waals surface area (Å²) < 4.78 is 5.98. The van der Waals surface area contributed by atoms with Crippen molar-refractivity contribution in [3.63, 3.8) is 0 Å². The summed E-state index contributed by atoms with van der Waals surface area (Å²) in [4.78, 5) is 49.5. The maximum absolute atomic E-state index is 12.1. The smallest absolute Gasteiger partial charge is 0.341 e. The summed E-state index contributed by atoms with van der Waals surface area (Å²) in [5.41, 5.74) is 0.0369. The quantitative estimate of drug-likeness (QED) is 0.782. The lowest BCUT2D eigenvalue weighted by Crippen LogP contribution is -2.29. The zero-order chi connectivity index (χ0) is 17.9. The third kappa shape index (κ3) is 3.80. The van der Waals surface area contributed by atoms with Crippen LogP contribution in [0.2, 0.25) is 0 Å². The Labute approximate surface area is 141 Å². The highest BCUT2D eigenvalue weighted by Crippen LogP contribution is 2.32. The summed E-state index contributed by atoms with van der Waals surface area (Å²) in [5.74, 6) is -0.858. The van der Waals surface area contributed by atoms with Crippen LogP contribution in [0.5, 0.6) is 0 Å². The molecule has 24 heavy (non-hydrogen) atoms. The molecule has 0 unspecified atom stereocenters. The molecule has 0 fully saturated rings. The lowest BCUT2D eigenvalue weighted by atomic mass is 10.1. The number of anilines is 1. The van der Waals surface area contributed by atoms with E-state index in [-0.39, 0.29) is 18.9 Å². The molecular weight excluding hydrogens is 334 g/mol. The highest BCUT2D eigenvalue weighted by Gasteiger charge is 2.21. The lowest BCUT2D eigenvalue weighted by Gasteiger charge is -2.07. The van der Waals surface area contributed by atoms with Crippen molar-refractivity contribution in [2.24, 2.45) is 0 Å². The van der Waals surface area contributed by atoms with E-state index in [0.717, 1.165) is 10.4 Å². The highest BCUT2D eigenvalue weighted by atomic mass is 32.1. The number of esters is 1. The van der Waals surface area contributed by atoms with Crippen molar-refractivity contribution in [3.05, 3.63) is 49.1 Å². The number of amides is 1. The van der Waals surface area contributed by atoms with Crippen molar-refractivity contribution >= 4 is 28.2 Å². The van der Waals surface area contributed by atoms with Gasteiger partial charge in [-0.05, 0) is 19.4 Å². The first-order chi connectivity index (χ1) is 11.3. The Morgan fingerprint density at radius 1 is 1.33 bits per heavy atom. The number of thiophene rings is 1. The minimum absolute atomic E-state index is 0.0164. The van der Waals surface area contributed by atoms with E-state index in [2.05, 4.69) is 10.3 Å². The molecule has 0 bridgehead atoms. The maximum atomic E-state index is 12.1. The third-order valence-corrected chi connectivity index (χ3v) is 4.63. The fourth-order valence-corrected chi connectivity index (χ4v) is 3.16. The van der Waals surface area contributed by atoms with Gasteiger partial charge in [0.05, 0.1) is 12.7 Å². The van der Waals surface area contributed by atoms with E-state index in [4.69, 9.17) is 4.74 Å². The normalized spacial score (nSPS) is 10.5. The number of nitrogens with one attached hydrogen (secondary N) is 2. The third-order valence-electron chi connectivity index (χ3n) is 3.50. The summed E-state index contributed by atoms with van der Waals surface area (Å²) in [5, 5.41) is 3.11. The zero-order valence-corrected chi connectivity index (χ0v) is 14.3. The first-order valence-electron chi connectivity index (χ1n) is 7.11. The van der Waals surface area contributed by atoms with Crippen LogP contribution in [0.1, 0.15) is 27.2 Å². The number of ether oxygens (including phenoxy) is 1. The second kappa shape index (κ2) is 7.26. The molecule has 1 amide bonds. The van der Waals surface area contributed by atoms with Crippen molar-refractivity contribution in [2.45, 2.75) is 26.8 Å². The van der Waals surface area contributed by atoms with E-state index in [9.17, 15) is 19.2 Å². The SMILES string of the molecule is COC(=O)c1c(NC(=O)CCn2ccc(=O)[nH]c2=O)sc(C)c1C. The van der Waals surface area contributed by atoms with E-state index < -0.39 is 17.2 Å². The minimum Gasteiger partial charge on any atom is -0.465 e. The molecule has 0 aliphatic rings. The van der Waals surface area contributed by atoms with Crippen LogP contribution in [0, 0.1) is 13.8 Å². The average Bonchev–Trinajstić information content (AvgIpc) is 2.80. The Hall–Kier alpha value is -2.68. The number of carbonyl (C=O) groups excluding carboxylic acids is 2. The van der Waals surface area contributed by atoms with Gasteiger partial charge in [-0.1, -0.05) is 0 Å². The number of nitrogens with zero attached hydrogens (tertiary/aromatic N) is 1. The van der Waals surface area contributed by atoms with Crippen molar-refractivity contribution in [1.29, 1.82) is 0 Å². The molecule has 0 radical (unpaired) electrons. The van der Waals surface area contributed by atoms with Gasteiger partial charge in [-0.3, -0.25) is 14.6 Å². The Bertz CT molecular complexity index is 893. The number of hydrogen-bond acceptors (Lipinski definition) is 6. The number of aryl methyl sites for hydroxylation is 2. The molecule has 2 N–H and O–H groups in total. The van der Waals surface area contributed by atoms with Gasteiger partial charge in [-0.25, -0.2) is 9.59 Å². The second-order valence-electron chi connectivity index (χ2n) is 5.08. The molecule has 9 heteroatoms. The molecule has 2 aromatic heterocycles. The largest absolute Gasteiger partial charge is 0.465 e. The van der Waals surface area contributed by atoms with Gasteiger partial charge in [0.15, 0.2) is 0 Å². The number of carbonyl (C=O) groups is 2. The molecule has 2 heterocycles. The molecule has 0 aliphatic heterocycles. The van der Waals surface area contributed by atoms with Gasteiger partial charge in [0.1, 0.15) is 5.00 Å². The van der Waals surface area contributed by atoms with E-state index in [1.165, 1.54) is 35.3 Å². The number of aromatic nitrogens is 2. The van der Waals surface area contributed by atoms with Gasteiger partial charge >= 0.3 is 11.7 Å². The van der Waals surface area contributed by atoms with Crippen LogP contribution in [0.25, 0.3) is 0 Å². The standard InChI is InChI=1S/C15H17N3O5S/c1-8-9(2)24-13(12(8)14(21)23-3)16-10(19)4-6-18-7-5-11(20)17-15(18)22/h5,7H,4,6H2,1-3H3,(H,16,19)(H,17,20,22). The minimum atomic E-state index is -0.576. The summed E-state index contributed by atoms with van der Waals surface area (Å²) in [6.45, 7) is 3.74. The summed E-state index contributed by atoms with van der Waals surface area (Å²) in [6, 6.07) is 1.21. The molecule has 2 rings (SSSR count). The molecule has 8 nitrogen and oxygen atoms in total. The molecule has 0 saturated carbocycles. The molecule has 0 atom stereocenters. The van der Waals surface area contributed by atoms with E-state index in [0.29, 0.717) is 10.6 Å². The summed E-state index contributed by atoms with van der Waals surface area (Å²) in [7, 11) is 1.28. The Kier molecular flexibility index (Phi) is 5.35. The highest BCUT2D eigenvalue weighted by molar-refractivity contribution is 7.16. The topological polar surface area (TPSA) is 110 Å². The number of hydrogen-bond donors (Lipinski definition) is 2. The van der Waals surface area contributed by atoms with Gasteiger partial charge in [-0.15, -0.1) is 11.3 Å². The Morgan fingerprint density at radius 3 is 2.67 bits per heavy atom. The van der Waals surface area contributed by atoms with Crippen LogP contribution in [0.4, 0.5) is 5.00 Å². The van der Waals surface area contributed by atoms with Crippen molar-refractivity contribution in [2.75, 3.05) is 12.4 Å². The van der Waals surface area contributed by atoms with Crippen LogP contribution < -0.4 is 16.6 Å². The van der Waals surface area contributed by atoms with Crippen LogP contribution in [0.3, 0.4) is 0 Å². The van der Waals surface area contributed by atoms with E-state index >= 15 is 0 Å². The fourth-order valence-electron chi connectivity index (χ4n) is 2.09. The Balaban J connectivity index is 2.10. The Morgan fingerprint density at radius 2 is 2.04 bits per heavy atom. The number of rotatable bonds is 5. The van der Waals surface area contributed by atoms with Gasteiger partial charge in [0.25, 0.3) is 5.56 Å². The van der Waals surface area contributed by atoms with E-state index in [1.807, 2.05) is 6.92 Å². The molecular formula is C15H17N3O5S. The fraction of sp³-hybridized carbons (Fsp3) is 0.333. The van der Waals surface area contributed by atoms with E-state index in [1.54, 1.807) is 6.92 Å². The van der Waals surface area contributed by atoms with Crippen LogP contribution in [0.15, 0.2) is 21.9 Å². The number of methoxy groups -OCH3 is 1. The molecule has 0 aromatic carbocycles. The number of aromatic amines is 1. The lowest BCUT2D eigenvalue weighted by molar-refractivity contribution is -0.116. The van der Waals surface area contributed by atoms with Crippen molar-refractivity contribution < 1.29 is 14.3 Å². The molecule has 0 aliphatic carbocycles. The first-order valence-corrected chi connectivity index (χ1v) is 7.93. The van der Waals surface area contributed by atoms with Crippen molar-refractivity contribution in [1.82, 2.24) is 9.55 Å². The number of H-pyrrole nitrogens is 1. The monoisotopic (exact) mass is 351 g/mol. The molecule has 0 spiro atoms. The van der Waals surface area contributed by atoms with Crippen LogP contribution in [-0.4, -0.2) is 28.5 Å². The van der Waals surface area contributed by atoms with Crippen molar-refractivity contribution in [3.8, 4) is 0 Å². The van der Waals surface area contributed by atoms with Gasteiger partial charge in [-0.2, -0.15) is 0 Å². The second-order valence-corrected chi connectivity index (χ2v) is 6.31. The van der Waals surface area contributed by atoms with Gasteiger partial charge in [0.2, 0.25) is 5.91 Å².